The van der Waals surface area contributed by atoms with Crippen LogP contribution >= 0.6 is 15.9 Å². The Labute approximate surface area is 105 Å². The molecule has 0 bridgehead atoms. The van der Waals surface area contributed by atoms with Crippen molar-refractivity contribution in [2.75, 3.05) is 0 Å². The van der Waals surface area contributed by atoms with Gasteiger partial charge in [-0.15, -0.1) is 0 Å². The van der Waals surface area contributed by atoms with Gasteiger partial charge in [-0.2, -0.15) is 0 Å². The number of nitrogens with zero attached hydrogens (tertiary/aromatic N) is 2. The Bertz CT molecular complexity index is 660. The van der Waals surface area contributed by atoms with Crippen LogP contribution in [0.15, 0.2) is 41.1 Å². The number of pyridine rings is 1. The normalized spacial score (nSPS) is 10.9. The quantitative estimate of drug-likeness (QED) is 0.745. The van der Waals surface area contributed by atoms with E-state index in [9.17, 15) is 4.39 Å². The first kappa shape index (κ1) is 10.4. The Morgan fingerprint density at radius 1 is 1.24 bits per heavy atom. The molecule has 3 aromatic rings. The maximum atomic E-state index is 13.7. The van der Waals surface area contributed by atoms with E-state index >= 15 is 0 Å². The highest BCUT2D eigenvalue weighted by atomic mass is 79.9. The molecule has 3 rings (SSSR count). The number of hydrogen-bond donors (Lipinski definition) is 1. The molecule has 84 valence electrons. The summed E-state index contributed by atoms with van der Waals surface area (Å²) in [6.07, 6.45) is 3.33. The molecule has 3 nitrogen and oxygen atoms in total. The summed E-state index contributed by atoms with van der Waals surface area (Å²) in [7, 11) is 0. The standard InChI is InChI=1S/C12H7BrFN3/c13-7-1-2-9(14)8(5-7)12-16-10-3-4-15-6-11(10)17-12/h1-6H,(H,16,17). The molecule has 0 saturated carbocycles. The van der Waals surface area contributed by atoms with Crippen LogP contribution in [0.2, 0.25) is 0 Å². The van der Waals surface area contributed by atoms with Crippen molar-refractivity contribution < 1.29 is 4.39 Å². The van der Waals surface area contributed by atoms with Crippen molar-refractivity contribution in [3.8, 4) is 11.4 Å². The highest BCUT2D eigenvalue weighted by Gasteiger charge is 2.10. The third-order valence-corrected chi connectivity index (χ3v) is 2.96. The number of fused-ring (bicyclic) bond motifs is 1. The third kappa shape index (κ3) is 1.82. The lowest BCUT2D eigenvalue weighted by molar-refractivity contribution is 0.630. The molecule has 0 unspecified atom stereocenters. The van der Waals surface area contributed by atoms with Crippen LogP contribution in [0.4, 0.5) is 4.39 Å². The fourth-order valence-electron chi connectivity index (χ4n) is 1.66. The van der Waals surface area contributed by atoms with Crippen LogP contribution in [0.3, 0.4) is 0 Å². The van der Waals surface area contributed by atoms with Gasteiger partial charge in [0, 0.05) is 10.7 Å². The van der Waals surface area contributed by atoms with Crippen LogP contribution in [-0.4, -0.2) is 15.0 Å². The lowest BCUT2D eigenvalue weighted by Gasteiger charge is -1.99. The SMILES string of the molecule is Fc1ccc(Br)cc1-c1nc2ccncc2[nH]1. The van der Waals surface area contributed by atoms with Gasteiger partial charge < -0.3 is 4.98 Å². The molecule has 0 aliphatic carbocycles. The van der Waals surface area contributed by atoms with Crippen LogP contribution in [-0.2, 0) is 0 Å². The predicted molar refractivity (Wildman–Crippen MR) is 67.0 cm³/mol. The summed E-state index contributed by atoms with van der Waals surface area (Å²) in [6.45, 7) is 0. The van der Waals surface area contributed by atoms with E-state index in [-0.39, 0.29) is 5.82 Å². The Kier molecular flexibility index (Phi) is 2.40. The van der Waals surface area contributed by atoms with E-state index in [2.05, 4.69) is 30.9 Å². The molecule has 1 aromatic carbocycles. The molecule has 0 spiro atoms. The lowest BCUT2D eigenvalue weighted by Crippen LogP contribution is -1.86. The molecule has 17 heavy (non-hydrogen) atoms. The lowest BCUT2D eigenvalue weighted by atomic mass is 10.2. The summed E-state index contributed by atoms with van der Waals surface area (Å²) < 4.78 is 14.5. The highest BCUT2D eigenvalue weighted by Crippen LogP contribution is 2.25. The molecule has 1 N–H and O–H groups in total. The monoisotopic (exact) mass is 291 g/mol. The van der Waals surface area contributed by atoms with Gasteiger partial charge in [0.2, 0.25) is 0 Å². The number of H-pyrrole nitrogens is 1. The van der Waals surface area contributed by atoms with Crippen molar-refractivity contribution in [2.45, 2.75) is 0 Å². The maximum absolute atomic E-state index is 13.7. The average Bonchev–Trinajstić information content (AvgIpc) is 2.75. The Morgan fingerprint density at radius 2 is 2.12 bits per heavy atom. The minimum Gasteiger partial charge on any atom is -0.337 e. The predicted octanol–water partition coefficient (Wildman–Crippen LogP) is 3.53. The molecule has 0 aliphatic heterocycles. The molecular formula is C12H7BrFN3. The second-order valence-corrected chi connectivity index (χ2v) is 4.52. The molecule has 2 aromatic heterocycles. The van der Waals surface area contributed by atoms with Gasteiger partial charge in [-0.05, 0) is 24.3 Å². The van der Waals surface area contributed by atoms with Crippen LogP contribution in [0.5, 0.6) is 0 Å². The zero-order chi connectivity index (χ0) is 11.8. The van der Waals surface area contributed by atoms with E-state index in [0.29, 0.717) is 11.4 Å². The zero-order valence-corrected chi connectivity index (χ0v) is 10.2. The van der Waals surface area contributed by atoms with Gasteiger partial charge in [-0.25, -0.2) is 9.37 Å². The molecule has 0 radical (unpaired) electrons. The van der Waals surface area contributed by atoms with E-state index < -0.39 is 0 Å². The van der Waals surface area contributed by atoms with Gasteiger partial charge in [0.25, 0.3) is 0 Å². The fourth-order valence-corrected chi connectivity index (χ4v) is 2.02. The van der Waals surface area contributed by atoms with E-state index in [0.717, 1.165) is 15.5 Å². The Morgan fingerprint density at radius 3 is 2.94 bits per heavy atom. The van der Waals surface area contributed by atoms with Crippen LogP contribution < -0.4 is 0 Å². The number of aromatic amines is 1. The Balaban J connectivity index is 2.23. The van der Waals surface area contributed by atoms with Gasteiger partial charge in [-0.1, -0.05) is 15.9 Å². The second kappa shape index (κ2) is 3.92. The van der Waals surface area contributed by atoms with Gasteiger partial charge >= 0.3 is 0 Å². The van der Waals surface area contributed by atoms with Gasteiger partial charge in [0.05, 0.1) is 22.8 Å². The van der Waals surface area contributed by atoms with E-state index in [4.69, 9.17) is 0 Å². The number of aromatic nitrogens is 3. The van der Waals surface area contributed by atoms with Crippen molar-refractivity contribution in [2.24, 2.45) is 0 Å². The number of rotatable bonds is 1. The van der Waals surface area contributed by atoms with Crippen molar-refractivity contribution in [1.82, 2.24) is 15.0 Å². The molecule has 0 atom stereocenters. The number of benzene rings is 1. The minimum absolute atomic E-state index is 0.305. The molecule has 2 heterocycles. The first-order chi connectivity index (χ1) is 8.24. The smallest absolute Gasteiger partial charge is 0.141 e. The van der Waals surface area contributed by atoms with Gasteiger partial charge in [-0.3, -0.25) is 4.98 Å². The van der Waals surface area contributed by atoms with Crippen LogP contribution in [0, 0.1) is 5.82 Å². The first-order valence-electron chi connectivity index (χ1n) is 4.99. The number of halogens is 2. The zero-order valence-electron chi connectivity index (χ0n) is 8.61. The fraction of sp³-hybridized carbons (Fsp3) is 0. The van der Waals surface area contributed by atoms with Gasteiger partial charge in [0.1, 0.15) is 11.6 Å². The minimum atomic E-state index is -0.305. The molecule has 0 amide bonds. The van der Waals surface area contributed by atoms with Crippen molar-refractivity contribution in [3.63, 3.8) is 0 Å². The average molecular weight is 292 g/mol. The van der Waals surface area contributed by atoms with E-state index in [1.165, 1.54) is 6.07 Å². The second-order valence-electron chi connectivity index (χ2n) is 3.60. The van der Waals surface area contributed by atoms with E-state index in [1.807, 2.05) is 0 Å². The highest BCUT2D eigenvalue weighted by molar-refractivity contribution is 9.10. The molecular weight excluding hydrogens is 285 g/mol. The summed E-state index contributed by atoms with van der Waals surface area (Å²) in [5.41, 5.74) is 2.01. The Hall–Kier alpha value is -1.75. The molecule has 5 heteroatoms. The number of hydrogen-bond acceptors (Lipinski definition) is 2. The number of imidazole rings is 1. The van der Waals surface area contributed by atoms with Crippen molar-refractivity contribution in [3.05, 3.63) is 46.9 Å². The summed E-state index contributed by atoms with van der Waals surface area (Å²) in [4.78, 5) is 11.4. The van der Waals surface area contributed by atoms with E-state index in [1.54, 1.807) is 30.6 Å². The molecule has 0 saturated heterocycles. The first-order valence-corrected chi connectivity index (χ1v) is 5.78. The summed E-state index contributed by atoms with van der Waals surface area (Å²) in [6, 6.07) is 6.54. The number of nitrogens with one attached hydrogen (secondary N) is 1. The summed E-state index contributed by atoms with van der Waals surface area (Å²) in [5.74, 6) is 0.201. The topological polar surface area (TPSA) is 41.6 Å². The van der Waals surface area contributed by atoms with Crippen LogP contribution in [0.25, 0.3) is 22.4 Å². The maximum Gasteiger partial charge on any atom is 0.141 e. The summed E-state index contributed by atoms with van der Waals surface area (Å²) in [5, 5.41) is 0. The largest absolute Gasteiger partial charge is 0.337 e. The van der Waals surface area contributed by atoms with Crippen molar-refractivity contribution >= 4 is 27.0 Å². The molecule has 0 fully saturated rings. The van der Waals surface area contributed by atoms with Gasteiger partial charge in [0.15, 0.2) is 0 Å². The van der Waals surface area contributed by atoms with Crippen molar-refractivity contribution in [1.29, 1.82) is 0 Å². The third-order valence-electron chi connectivity index (χ3n) is 2.47. The molecule has 0 aliphatic rings. The summed E-state index contributed by atoms with van der Waals surface area (Å²) >= 11 is 3.32. The van der Waals surface area contributed by atoms with Crippen LogP contribution in [0.1, 0.15) is 0 Å².